The van der Waals surface area contributed by atoms with Crippen molar-refractivity contribution in [2.45, 2.75) is 26.7 Å². The summed E-state index contributed by atoms with van der Waals surface area (Å²) in [5.41, 5.74) is 11.0. The smallest absolute Gasteiger partial charge is 0.0644 e. The van der Waals surface area contributed by atoms with Crippen molar-refractivity contribution in [2.24, 2.45) is 0 Å². The molecule has 0 radical (unpaired) electrons. The molecule has 0 saturated carbocycles. The van der Waals surface area contributed by atoms with E-state index in [0.29, 0.717) is 0 Å². The first kappa shape index (κ1) is 17.7. The lowest BCUT2D eigenvalue weighted by atomic mass is 10.0. The Balaban J connectivity index is 1.83. The van der Waals surface area contributed by atoms with Crippen LogP contribution < -0.4 is 0 Å². The lowest BCUT2D eigenvalue weighted by Gasteiger charge is -2.16. The van der Waals surface area contributed by atoms with E-state index in [2.05, 4.69) is 70.4 Å². The maximum Gasteiger partial charge on any atom is 0.0644 e. The monoisotopic (exact) mass is 387 g/mol. The van der Waals surface area contributed by atoms with Gasteiger partial charge in [0.1, 0.15) is 0 Å². The first-order valence-corrected chi connectivity index (χ1v) is 10.9. The van der Waals surface area contributed by atoms with Crippen LogP contribution in [0, 0.1) is 13.8 Å². The van der Waals surface area contributed by atoms with Crippen LogP contribution in [0.25, 0.3) is 27.7 Å². The van der Waals surface area contributed by atoms with E-state index < -0.39 is 0 Å². The number of hydrogen-bond donors (Lipinski definition) is 0. The molecule has 4 heteroatoms. The SMILES string of the molecule is Cc1cc(C)c2c(c1)c1c(n2-c2cscc2-c2ccncc2)CCN(C)CC1. The van der Waals surface area contributed by atoms with E-state index in [-0.39, 0.29) is 0 Å². The van der Waals surface area contributed by atoms with Crippen molar-refractivity contribution in [1.82, 2.24) is 14.5 Å². The van der Waals surface area contributed by atoms with Crippen molar-refractivity contribution < 1.29 is 0 Å². The van der Waals surface area contributed by atoms with E-state index >= 15 is 0 Å². The molecule has 0 N–H and O–H groups in total. The van der Waals surface area contributed by atoms with Crippen LogP contribution >= 0.6 is 11.3 Å². The number of hydrogen-bond acceptors (Lipinski definition) is 3. The molecule has 0 amide bonds. The zero-order chi connectivity index (χ0) is 19.3. The summed E-state index contributed by atoms with van der Waals surface area (Å²) in [5, 5.41) is 6.02. The fraction of sp³-hybridized carbons (Fsp3) is 0.292. The van der Waals surface area contributed by atoms with E-state index in [9.17, 15) is 0 Å². The third kappa shape index (κ3) is 2.79. The van der Waals surface area contributed by atoms with Crippen LogP contribution in [0.4, 0.5) is 0 Å². The van der Waals surface area contributed by atoms with E-state index in [4.69, 9.17) is 0 Å². The number of thiophene rings is 1. The van der Waals surface area contributed by atoms with Gasteiger partial charge in [-0.15, -0.1) is 11.3 Å². The zero-order valence-corrected chi connectivity index (χ0v) is 17.5. The van der Waals surface area contributed by atoms with Crippen LogP contribution in [0.2, 0.25) is 0 Å². The van der Waals surface area contributed by atoms with Gasteiger partial charge >= 0.3 is 0 Å². The molecule has 1 aliphatic heterocycles. The molecule has 0 bridgehead atoms. The Bertz CT molecular complexity index is 1150. The summed E-state index contributed by atoms with van der Waals surface area (Å²) in [6.45, 7) is 6.71. The maximum atomic E-state index is 4.20. The predicted octanol–water partition coefficient (Wildman–Crippen LogP) is 5.40. The standard InChI is InChI=1S/C24H25N3S/c1-16-12-17(2)24-20(13-16)19-6-10-26(3)11-7-22(19)27(24)23-15-28-14-21(23)18-4-8-25-9-5-18/h4-5,8-9,12-15H,6-7,10-11H2,1-3H3. The molecule has 142 valence electrons. The van der Waals surface area contributed by atoms with Gasteiger partial charge in [0, 0.05) is 59.3 Å². The molecule has 3 nitrogen and oxygen atoms in total. The number of nitrogens with zero attached hydrogens (tertiary/aromatic N) is 3. The second-order valence-corrected chi connectivity index (χ2v) is 8.69. The highest BCUT2D eigenvalue weighted by Gasteiger charge is 2.24. The quantitative estimate of drug-likeness (QED) is 0.459. The van der Waals surface area contributed by atoms with Gasteiger partial charge in [0.2, 0.25) is 0 Å². The van der Waals surface area contributed by atoms with Crippen LogP contribution in [-0.4, -0.2) is 34.6 Å². The van der Waals surface area contributed by atoms with Gasteiger partial charge < -0.3 is 9.47 Å². The van der Waals surface area contributed by atoms with E-state index in [1.165, 1.54) is 50.1 Å². The number of rotatable bonds is 2. The number of likely N-dealkylation sites (N-methyl/N-ethyl adjacent to an activating group) is 1. The fourth-order valence-corrected chi connectivity index (χ4v) is 5.46. The summed E-state index contributed by atoms with van der Waals surface area (Å²) in [6, 6.07) is 8.94. The Kier molecular flexibility index (Phi) is 4.33. The van der Waals surface area contributed by atoms with E-state index in [0.717, 1.165) is 25.9 Å². The zero-order valence-electron chi connectivity index (χ0n) is 16.7. The molecule has 1 aromatic carbocycles. The Hall–Kier alpha value is -2.43. The average Bonchev–Trinajstić information content (AvgIpc) is 3.22. The molecule has 1 aliphatic rings. The second-order valence-electron chi connectivity index (χ2n) is 7.95. The molecule has 5 rings (SSSR count). The molecule has 4 aromatic rings. The molecular weight excluding hydrogens is 362 g/mol. The third-order valence-corrected chi connectivity index (χ3v) is 6.69. The van der Waals surface area contributed by atoms with Gasteiger partial charge in [0.15, 0.2) is 0 Å². The Morgan fingerprint density at radius 1 is 1.00 bits per heavy atom. The highest BCUT2D eigenvalue weighted by Crippen LogP contribution is 2.39. The lowest BCUT2D eigenvalue weighted by Crippen LogP contribution is -2.21. The minimum atomic E-state index is 1.09. The number of aryl methyl sites for hydroxylation is 2. The molecular formula is C24H25N3S. The Morgan fingerprint density at radius 2 is 1.79 bits per heavy atom. The van der Waals surface area contributed by atoms with Gasteiger partial charge in [0.05, 0.1) is 11.2 Å². The third-order valence-electron chi connectivity index (χ3n) is 5.96. The molecule has 4 heterocycles. The lowest BCUT2D eigenvalue weighted by molar-refractivity contribution is 0.351. The molecule has 0 aliphatic carbocycles. The van der Waals surface area contributed by atoms with Crippen LogP contribution in [0.5, 0.6) is 0 Å². The van der Waals surface area contributed by atoms with Crippen molar-refractivity contribution >= 4 is 22.2 Å². The van der Waals surface area contributed by atoms with E-state index in [1.54, 1.807) is 11.3 Å². The van der Waals surface area contributed by atoms with Crippen LogP contribution in [-0.2, 0) is 12.8 Å². The van der Waals surface area contributed by atoms with Gasteiger partial charge in [-0.3, -0.25) is 4.98 Å². The number of benzene rings is 1. The summed E-state index contributed by atoms with van der Waals surface area (Å²) in [4.78, 5) is 6.66. The molecule has 0 saturated heterocycles. The first-order valence-electron chi connectivity index (χ1n) is 9.92. The summed E-state index contributed by atoms with van der Waals surface area (Å²) in [6.07, 6.45) is 5.97. The summed E-state index contributed by atoms with van der Waals surface area (Å²) in [7, 11) is 2.24. The topological polar surface area (TPSA) is 21.1 Å². The van der Waals surface area contributed by atoms with Gasteiger partial charge in [-0.2, -0.15) is 0 Å². The molecule has 0 unspecified atom stereocenters. The molecule has 0 spiro atoms. The Morgan fingerprint density at radius 3 is 2.61 bits per heavy atom. The predicted molar refractivity (Wildman–Crippen MR) is 119 cm³/mol. The van der Waals surface area contributed by atoms with Gasteiger partial charge in [0.25, 0.3) is 0 Å². The normalized spacial score (nSPS) is 15.0. The number of pyridine rings is 1. The molecule has 3 aromatic heterocycles. The van der Waals surface area contributed by atoms with Crippen LogP contribution in [0.1, 0.15) is 22.4 Å². The average molecular weight is 388 g/mol. The summed E-state index contributed by atoms with van der Waals surface area (Å²) in [5.74, 6) is 0. The van der Waals surface area contributed by atoms with Gasteiger partial charge in [-0.25, -0.2) is 0 Å². The number of aromatic nitrogens is 2. The fourth-order valence-electron chi connectivity index (χ4n) is 4.64. The summed E-state index contributed by atoms with van der Waals surface area (Å²) < 4.78 is 2.56. The van der Waals surface area contributed by atoms with Crippen molar-refractivity contribution in [2.75, 3.05) is 20.1 Å². The van der Waals surface area contributed by atoms with Gasteiger partial charge in [-0.1, -0.05) is 11.6 Å². The van der Waals surface area contributed by atoms with Crippen molar-refractivity contribution in [3.63, 3.8) is 0 Å². The van der Waals surface area contributed by atoms with Crippen LogP contribution in [0.15, 0.2) is 47.4 Å². The second kappa shape index (κ2) is 6.87. The Labute approximate surface area is 170 Å². The van der Waals surface area contributed by atoms with Crippen LogP contribution in [0.3, 0.4) is 0 Å². The van der Waals surface area contributed by atoms with E-state index in [1.807, 2.05) is 12.4 Å². The molecule has 0 fully saturated rings. The molecule has 0 atom stereocenters. The largest absolute Gasteiger partial charge is 0.312 e. The first-order chi connectivity index (χ1) is 13.6. The highest BCUT2D eigenvalue weighted by molar-refractivity contribution is 7.08. The van der Waals surface area contributed by atoms with Crippen molar-refractivity contribution in [1.29, 1.82) is 0 Å². The van der Waals surface area contributed by atoms with Crippen molar-refractivity contribution in [3.8, 4) is 16.8 Å². The summed E-state index contributed by atoms with van der Waals surface area (Å²) >= 11 is 1.78. The maximum absolute atomic E-state index is 4.20. The minimum absolute atomic E-state index is 1.09. The van der Waals surface area contributed by atoms with Crippen molar-refractivity contribution in [3.05, 3.63) is 69.8 Å². The van der Waals surface area contributed by atoms with Gasteiger partial charge in [-0.05, 0) is 62.2 Å². The minimum Gasteiger partial charge on any atom is -0.312 e. The highest BCUT2D eigenvalue weighted by atomic mass is 32.1. The molecule has 28 heavy (non-hydrogen) atoms. The number of fused-ring (bicyclic) bond motifs is 3.